The number of aromatic nitrogens is 3. The van der Waals surface area contributed by atoms with Gasteiger partial charge in [-0.1, -0.05) is 36.4 Å². The summed E-state index contributed by atoms with van der Waals surface area (Å²) < 4.78 is 0. The van der Waals surface area contributed by atoms with Crippen LogP contribution in [0.15, 0.2) is 64.3 Å². The molecule has 0 spiro atoms. The van der Waals surface area contributed by atoms with Crippen molar-refractivity contribution >= 4 is 11.6 Å². The second kappa shape index (κ2) is 9.42. The molecule has 1 fully saturated rings. The molecular weight excluding hydrogens is 394 g/mol. The lowest BCUT2D eigenvalue weighted by Crippen LogP contribution is -2.40. The average molecular weight is 419 g/mol. The Labute approximate surface area is 179 Å². The smallest absolute Gasteiger partial charge is 0.326 e. The first-order valence-corrected chi connectivity index (χ1v) is 10.5. The van der Waals surface area contributed by atoms with Crippen molar-refractivity contribution in [2.24, 2.45) is 0 Å². The van der Waals surface area contributed by atoms with Gasteiger partial charge in [-0.3, -0.25) is 19.6 Å². The number of pyridine rings is 1. The third-order valence-corrected chi connectivity index (χ3v) is 5.68. The molecular formula is C23H25N5O3. The second-order valence-corrected chi connectivity index (χ2v) is 7.77. The predicted molar refractivity (Wildman–Crippen MR) is 118 cm³/mol. The molecule has 0 aliphatic heterocycles. The van der Waals surface area contributed by atoms with Crippen LogP contribution >= 0.6 is 0 Å². The van der Waals surface area contributed by atoms with Crippen LogP contribution in [0.5, 0.6) is 0 Å². The van der Waals surface area contributed by atoms with Crippen LogP contribution in [-0.2, 0) is 6.54 Å². The van der Waals surface area contributed by atoms with Crippen LogP contribution in [0.2, 0.25) is 0 Å². The van der Waals surface area contributed by atoms with Crippen molar-refractivity contribution in [3.63, 3.8) is 0 Å². The lowest BCUT2D eigenvalue weighted by Gasteiger charge is -2.29. The number of nitrogens with one attached hydrogen (secondary N) is 4. The molecule has 1 aromatic carbocycles. The fourth-order valence-corrected chi connectivity index (χ4v) is 4.06. The first kappa shape index (κ1) is 20.6. The van der Waals surface area contributed by atoms with E-state index in [9.17, 15) is 14.4 Å². The number of rotatable bonds is 6. The van der Waals surface area contributed by atoms with Crippen LogP contribution in [0.25, 0.3) is 0 Å². The highest BCUT2D eigenvalue weighted by molar-refractivity contribution is 5.97. The molecule has 2 heterocycles. The molecule has 8 nitrogen and oxygen atoms in total. The Morgan fingerprint density at radius 1 is 0.968 bits per heavy atom. The molecule has 0 radical (unpaired) electrons. The predicted octanol–water partition coefficient (Wildman–Crippen LogP) is 2.53. The van der Waals surface area contributed by atoms with Crippen LogP contribution in [-0.4, -0.2) is 26.9 Å². The van der Waals surface area contributed by atoms with Gasteiger partial charge in [0.05, 0.1) is 12.2 Å². The number of hydrogen-bond donors (Lipinski definition) is 4. The molecule has 4 rings (SSSR count). The van der Waals surface area contributed by atoms with Gasteiger partial charge in [0.15, 0.2) is 0 Å². The van der Waals surface area contributed by atoms with Gasteiger partial charge in [-0.05, 0) is 49.3 Å². The molecule has 0 bridgehead atoms. The first-order chi connectivity index (χ1) is 15.1. The van der Waals surface area contributed by atoms with E-state index < -0.39 is 17.2 Å². The molecule has 3 aromatic rings. The van der Waals surface area contributed by atoms with Gasteiger partial charge in [0.2, 0.25) is 0 Å². The van der Waals surface area contributed by atoms with E-state index in [1.54, 1.807) is 18.3 Å². The monoisotopic (exact) mass is 419 g/mol. The number of carbonyl (C=O) groups is 1. The van der Waals surface area contributed by atoms with E-state index in [4.69, 9.17) is 0 Å². The van der Waals surface area contributed by atoms with Gasteiger partial charge in [-0.2, -0.15) is 0 Å². The summed E-state index contributed by atoms with van der Waals surface area (Å²) in [5.74, 6) is 0.0270. The topological polar surface area (TPSA) is 120 Å². The summed E-state index contributed by atoms with van der Waals surface area (Å²) in [6, 6.07) is 15.8. The molecule has 1 amide bonds. The fourth-order valence-electron chi connectivity index (χ4n) is 4.06. The summed E-state index contributed by atoms with van der Waals surface area (Å²) in [6.07, 6.45) is 5.29. The number of amides is 1. The molecule has 160 valence electrons. The van der Waals surface area contributed by atoms with Crippen molar-refractivity contribution in [1.82, 2.24) is 20.3 Å². The van der Waals surface area contributed by atoms with Gasteiger partial charge < -0.3 is 15.6 Å². The Hall–Kier alpha value is -3.68. The Kier molecular flexibility index (Phi) is 6.26. The molecule has 0 saturated heterocycles. The lowest BCUT2D eigenvalue weighted by atomic mass is 9.82. The number of nitrogens with zero attached hydrogens (tertiary/aromatic N) is 1. The number of hydrogen-bond acceptors (Lipinski definition) is 5. The molecule has 1 aliphatic rings. The standard InChI is InChI=1S/C23H25N5O3/c29-21-19(25-14-18-8-4-5-13-24-18)20(27-23(31)28-21)22(30)26-17-11-9-16(10-12-17)15-6-2-1-3-7-15/h1-8,13,16-17,25H,9-12,14H2,(H,26,30)(H2,27,28,29,31)/t16-,17+. The number of H-pyrrole nitrogens is 2. The Morgan fingerprint density at radius 3 is 2.42 bits per heavy atom. The van der Waals surface area contributed by atoms with Gasteiger partial charge in [-0.25, -0.2) is 4.79 Å². The van der Waals surface area contributed by atoms with Crippen molar-refractivity contribution in [2.75, 3.05) is 5.32 Å². The molecule has 1 aliphatic carbocycles. The number of anilines is 1. The first-order valence-electron chi connectivity index (χ1n) is 10.5. The molecule has 2 aromatic heterocycles. The van der Waals surface area contributed by atoms with E-state index in [2.05, 4.69) is 37.7 Å². The Bertz CT molecular complexity index is 1130. The maximum Gasteiger partial charge on any atom is 0.326 e. The lowest BCUT2D eigenvalue weighted by molar-refractivity contribution is 0.0921. The van der Waals surface area contributed by atoms with E-state index in [0.717, 1.165) is 25.7 Å². The Morgan fingerprint density at radius 2 is 1.71 bits per heavy atom. The van der Waals surface area contributed by atoms with Crippen LogP contribution in [0.3, 0.4) is 0 Å². The SMILES string of the molecule is O=C(N[C@H]1CC[C@@H](c2ccccc2)CC1)c1[nH]c(=O)[nH]c(=O)c1NCc1ccccn1. The van der Waals surface area contributed by atoms with Crippen molar-refractivity contribution in [3.05, 3.63) is 92.5 Å². The van der Waals surface area contributed by atoms with E-state index in [-0.39, 0.29) is 24.0 Å². The van der Waals surface area contributed by atoms with Gasteiger partial charge in [-0.15, -0.1) is 0 Å². The van der Waals surface area contributed by atoms with Crippen LogP contribution in [0.4, 0.5) is 5.69 Å². The van der Waals surface area contributed by atoms with Crippen molar-refractivity contribution in [1.29, 1.82) is 0 Å². The minimum Gasteiger partial charge on any atom is -0.373 e. The van der Waals surface area contributed by atoms with Gasteiger partial charge in [0.25, 0.3) is 11.5 Å². The molecule has 0 unspecified atom stereocenters. The summed E-state index contributed by atoms with van der Waals surface area (Å²) in [4.78, 5) is 45.9. The highest BCUT2D eigenvalue weighted by atomic mass is 16.2. The average Bonchev–Trinajstić information content (AvgIpc) is 2.80. The third kappa shape index (κ3) is 5.09. The summed E-state index contributed by atoms with van der Waals surface area (Å²) >= 11 is 0. The van der Waals surface area contributed by atoms with Crippen molar-refractivity contribution < 1.29 is 4.79 Å². The van der Waals surface area contributed by atoms with Crippen LogP contribution in [0, 0.1) is 0 Å². The maximum atomic E-state index is 12.9. The van der Waals surface area contributed by atoms with Crippen LogP contribution < -0.4 is 21.9 Å². The zero-order valence-electron chi connectivity index (χ0n) is 17.1. The summed E-state index contributed by atoms with van der Waals surface area (Å²) in [7, 11) is 0. The zero-order valence-corrected chi connectivity index (χ0v) is 17.1. The van der Waals surface area contributed by atoms with Gasteiger partial charge >= 0.3 is 5.69 Å². The Balaban J connectivity index is 1.43. The summed E-state index contributed by atoms with van der Waals surface area (Å²) in [5, 5.41) is 5.92. The zero-order chi connectivity index (χ0) is 21.6. The minimum atomic E-state index is -0.716. The normalized spacial score (nSPS) is 18.3. The quantitative estimate of drug-likeness (QED) is 0.489. The minimum absolute atomic E-state index is 0.00103. The highest BCUT2D eigenvalue weighted by Crippen LogP contribution is 2.32. The molecule has 31 heavy (non-hydrogen) atoms. The largest absolute Gasteiger partial charge is 0.373 e. The van der Waals surface area contributed by atoms with E-state index >= 15 is 0 Å². The fraction of sp³-hybridized carbons (Fsp3) is 0.304. The van der Waals surface area contributed by atoms with Crippen molar-refractivity contribution in [2.45, 2.75) is 44.2 Å². The van der Waals surface area contributed by atoms with Crippen molar-refractivity contribution in [3.8, 4) is 0 Å². The number of carbonyl (C=O) groups excluding carboxylic acids is 1. The van der Waals surface area contributed by atoms with Gasteiger partial charge in [0, 0.05) is 12.2 Å². The third-order valence-electron chi connectivity index (χ3n) is 5.68. The second-order valence-electron chi connectivity index (χ2n) is 7.77. The highest BCUT2D eigenvalue weighted by Gasteiger charge is 2.25. The van der Waals surface area contributed by atoms with E-state index in [1.165, 1.54) is 5.56 Å². The molecule has 1 saturated carbocycles. The number of aromatic amines is 2. The summed E-state index contributed by atoms with van der Waals surface area (Å²) in [5.41, 5.74) is 0.644. The molecule has 8 heteroatoms. The van der Waals surface area contributed by atoms with E-state index in [0.29, 0.717) is 11.6 Å². The summed E-state index contributed by atoms with van der Waals surface area (Å²) in [6.45, 7) is 0.248. The maximum absolute atomic E-state index is 12.9. The van der Waals surface area contributed by atoms with E-state index in [1.807, 2.05) is 24.3 Å². The van der Waals surface area contributed by atoms with Gasteiger partial charge in [0.1, 0.15) is 11.4 Å². The number of benzene rings is 1. The van der Waals surface area contributed by atoms with Crippen LogP contribution in [0.1, 0.15) is 53.3 Å². The molecule has 4 N–H and O–H groups in total. The molecule has 0 atom stereocenters.